The minimum atomic E-state index is -0.405. The van der Waals surface area contributed by atoms with Crippen molar-refractivity contribution in [2.24, 2.45) is 7.05 Å². The number of urea groups is 1. The van der Waals surface area contributed by atoms with Crippen LogP contribution < -0.4 is 15.4 Å². The predicted molar refractivity (Wildman–Crippen MR) is 143 cm³/mol. The molecule has 0 saturated carbocycles. The maximum absolute atomic E-state index is 13.4. The van der Waals surface area contributed by atoms with Gasteiger partial charge in [0.1, 0.15) is 18.2 Å². The molecule has 1 aromatic heterocycles. The molecule has 2 aromatic carbocycles. The molecular weight excluding hydrogens is 543 g/mol. The third-order valence-corrected chi connectivity index (χ3v) is 6.79. The zero-order chi connectivity index (χ0) is 26.4. The fourth-order valence-corrected chi connectivity index (χ4v) is 4.77. The molecule has 1 aliphatic rings. The molecule has 37 heavy (non-hydrogen) atoms. The van der Waals surface area contributed by atoms with Crippen molar-refractivity contribution in [2.45, 2.75) is 13.5 Å². The normalized spacial score (nSPS) is 13.9. The number of nitrogens with zero attached hydrogens (tertiary/aromatic N) is 4. The number of halogens is 2. The first-order valence-corrected chi connectivity index (χ1v) is 12.8. The first kappa shape index (κ1) is 26.6. The van der Waals surface area contributed by atoms with Crippen LogP contribution in [0.15, 0.2) is 53.1 Å². The fraction of sp³-hybridized carbons (Fsp3) is 0.346. The van der Waals surface area contributed by atoms with Gasteiger partial charge in [0.25, 0.3) is 0 Å². The van der Waals surface area contributed by atoms with Crippen molar-refractivity contribution < 1.29 is 18.7 Å². The molecule has 196 valence electrons. The number of aromatic nitrogens is 2. The largest absolute Gasteiger partial charge is 0.492 e. The summed E-state index contributed by atoms with van der Waals surface area (Å²) in [6.45, 7) is 6.10. The van der Waals surface area contributed by atoms with E-state index in [1.165, 1.54) is 12.1 Å². The highest BCUT2D eigenvalue weighted by Crippen LogP contribution is 2.36. The van der Waals surface area contributed by atoms with Gasteiger partial charge in [0, 0.05) is 64.5 Å². The number of amides is 3. The minimum Gasteiger partial charge on any atom is -0.492 e. The SMILES string of the molecule is CC(=O)N1CCN(CCOc2ccc(NC(=O)NCc3cccc(F)c3)cc2-c2c(Br)cnn2C)CC1. The number of hydrogen-bond donors (Lipinski definition) is 2. The Labute approximate surface area is 223 Å². The van der Waals surface area contributed by atoms with Crippen molar-refractivity contribution >= 4 is 33.6 Å². The number of aryl methyl sites for hydroxylation is 1. The molecule has 11 heteroatoms. The molecule has 1 saturated heterocycles. The number of carbonyl (C=O) groups excluding carboxylic acids is 2. The Bertz CT molecular complexity index is 1240. The van der Waals surface area contributed by atoms with E-state index in [0.717, 1.165) is 48.5 Å². The van der Waals surface area contributed by atoms with Crippen LogP contribution in [0.4, 0.5) is 14.9 Å². The smallest absolute Gasteiger partial charge is 0.319 e. The number of carbonyl (C=O) groups is 2. The van der Waals surface area contributed by atoms with Crippen molar-refractivity contribution in [1.82, 2.24) is 24.9 Å². The van der Waals surface area contributed by atoms with E-state index in [0.29, 0.717) is 23.6 Å². The summed E-state index contributed by atoms with van der Waals surface area (Å²) in [7, 11) is 1.84. The zero-order valence-corrected chi connectivity index (χ0v) is 22.4. The van der Waals surface area contributed by atoms with E-state index in [-0.39, 0.29) is 18.3 Å². The number of nitrogens with one attached hydrogen (secondary N) is 2. The summed E-state index contributed by atoms with van der Waals surface area (Å²) >= 11 is 3.56. The summed E-state index contributed by atoms with van der Waals surface area (Å²) in [6, 6.07) is 11.1. The Hall–Kier alpha value is -3.44. The topological polar surface area (TPSA) is 91.7 Å². The van der Waals surface area contributed by atoms with Crippen LogP contribution in [0.25, 0.3) is 11.3 Å². The van der Waals surface area contributed by atoms with Crippen LogP contribution in [-0.4, -0.2) is 70.8 Å². The predicted octanol–water partition coefficient (Wildman–Crippen LogP) is 3.85. The van der Waals surface area contributed by atoms with Crippen molar-refractivity contribution in [3.8, 4) is 17.0 Å². The van der Waals surface area contributed by atoms with Crippen LogP contribution in [0.3, 0.4) is 0 Å². The van der Waals surface area contributed by atoms with Crippen LogP contribution in [0.1, 0.15) is 12.5 Å². The Morgan fingerprint density at radius 1 is 1.14 bits per heavy atom. The number of piperazine rings is 1. The van der Waals surface area contributed by atoms with Gasteiger partial charge < -0.3 is 20.3 Å². The second-order valence-electron chi connectivity index (χ2n) is 8.81. The van der Waals surface area contributed by atoms with Crippen LogP contribution in [0.5, 0.6) is 5.75 Å². The molecule has 0 aliphatic carbocycles. The lowest BCUT2D eigenvalue weighted by molar-refractivity contribution is -0.130. The first-order chi connectivity index (χ1) is 17.8. The zero-order valence-electron chi connectivity index (χ0n) is 20.8. The van der Waals surface area contributed by atoms with Crippen LogP contribution in [0, 0.1) is 5.82 Å². The van der Waals surface area contributed by atoms with E-state index in [4.69, 9.17) is 4.74 Å². The molecule has 0 unspecified atom stereocenters. The molecule has 1 aliphatic heterocycles. The van der Waals surface area contributed by atoms with E-state index in [1.54, 1.807) is 36.0 Å². The average molecular weight is 573 g/mol. The number of anilines is 1. The van der Waals surface area contributed by atoms with E-state index in [2.05, 4.69) is 36.6 Å². The Morgan fingerprint density at radius 3 is 2.59 bits per heavy atom. The average Bonchev–Trinajstić information content (AvgIpc) is 3.21. The quantitative estimate of drug-likeness (QED) is 0.428. The van der Waals surface area contributed by atoms with Crippen LogP contribution in [0.2, 0.25) is 0 Å². The van der Waals surface area contributed by atoms with Gasteiger partial charge in [-0.15, -0.1) is 0 Å². The Kier molecular flexibility index (Phi) is 8.78. The van der Waals surface area contributed by atoms with Crippen LogP contribution >= 0.6 is 15.9 Å². The second-order valence-corrected chi connectivity index (χ2v) is 9.66. The van der Waals surface area contributed by atoms with Crippen LogP contribution in [-0.2, 0) is 18.4 Å². The number of ether oxygens (including phenoxy) is 1. The molecule has 2 N–H and O–H groups in total. The van der Waals surface area contributed by atoms with Gasteiger partial charge in [0.2, 0.25) is 5.91 Å². The molecular formula is C26H30BrFN6O3. The van der Waals surface area contributed by atoms with Gasteiger partial charge in [-0.1, -0.05) is 12.1 Å². The molecule has 0 radical (unpaired) electrons. The number of hydrogen-bond acceptors (Lipinski definition) is 5. The summed E-state index contributed by atoms with van der Waals surface area (Å²) in [4.78, 5) is 28.2. The third kappa shape index (κ3) is 7.07. The maximum Gasteiger partial charge on any atom is 0.319 e. The van der Waals surface area contributed by atoms with Gasteiger partial charge in [-0.25, -0.2) is 9.18 Å². The molecule has 9 nitrogen and oxygen atoms in total. The summed E-state index contributed by atoms with van der Waals surface area (Å²) < 4.78 is 22.1. The lowest BCUT2D eigenvalue weighted by atomic mass is 10.1. The highest BCUT2D eigenvalue weighted by Gasteiger charge is 2.19. The van der Waals surface area contributed by atoms with Gasteiger partial charge in [0.05, 0.1) is 16.4 Å². The Morgan fingerprint density at radius 2 is 1.92 bits per heavy atom. The van der Waals surface area contributed by atoms with Gasteiger partial charge in [-0.05, 0) is 51.8 Å². The molecule has 4 rings (SSSR count). The Balaban J connectivity index is 1.41. The molecule has 0 spiro atoms. The monoisotopic (exact) mass is 572 g/mol. The first-order valence-electron chi connectivity index (χ1n) is 12.0. The van der Waals surface area contributed by atoms with Gasteiger partial charge in [-0.2, -0.15) is 5.10 Å². The van der Waals surface area contributed by atoms with Gasteiger partial charge >= 0.3 is 6.03 Å². The lowest BCUT2D eigenvalue weighted by Crippen LogP contribution is -2.48. The molecule has 0 atom stereocenters. The van der Waals surface area contributed by atoms with E-state index < -0.39 is 6.03 Å². The summed E-state index contributed by atoms with van der Waals surface area (Å²) in [6.07, 6.45) is 1.71. The summed E-state index contributed by atoms with van der Waals surface area (Å²) in [5, 5.41) is 9.89. The van der Waals surface area contributed by atoms with E-state index in [9.17, 15) is 14.0 Å². The molecule has 1 fully saturated rings. The highest BCUT2D eigenvalue weighted by atomic mass is 79.9. The number of rotatable bonds is 8. The number of benzene rings is 2. The summed E-state index contributed by atoms with van der Waals surface area (Å²) in [5.41, 5.74) is 2.83. The third-order valence-electron chi connectivity index (χ3n) is 6.21. The van der Waals surface area contributed by atoms with Crippen molar-refractivity contribution in [1.29, 1.82) is 0 Å². The second kappa shape index (κ2) is 12.2. The van der Waals surface area contributed by atoms with Crippen molar-refractivity contribution in [2.75, 3.05) is 44.6 Å². The van der Waals surface area contributed by atoms with Crippen molar-refractivity contribution in [3.05, 3.63) is 64.5 Å². The molecule has 2 heterocycles. The standard InChI is InChI=1S/C26H30BrFN6O3/c1-18(35)34-10-8-33(9-11-34)12-13-37-24-7-6-21(15-22(24)25-23(27)17-30-32(25)2)31-26(36)29-16-19-4-3-5-20(28)14-19/h3-7,14-15,17H,8-13,16H2,1-2H3,(H2,29,31,36). The van der Waals surface area contributed by atoms with Gasteiger partial charge in [-0.3, -0.25) is 14.4 Å². The minimum absolute atomic E-state index is 0.110. The summed E-state index contributed by atoms with van der Waals surface area (Å²) in [5.74, 6) is 0.427. The fourth-order valence-electron chi connectivity index (χ4n) is 4.21. The van der Waals surface area contributed by atoms with Crippen molar-refractivity contribution in [3.63, 3.8) is 0 Å². The lowest BCUT2D eigenvalue weighted by Gasteiger charge is -2.34. The highest BCUT2D eigenvalue weighted by molar-refractivity contribution is 9.10. The molecule has 3 aromatic rings. The maximum atomic E-state index is 13.4. The van der Waals surface area contributed by atoms with E-state index in [1.807, 2.05) is 24.1 Å². The van der Waals surface area contributed by atoms with E-state index >= 15 is 0 Å². The molecule has 0 bridgehead atoms. The molecule has 3 amide bonds. The van der Waals surface area contributed by atoms with Gasteiger partial charge in [0.15, 0.2) is 0 Å².